The van der Waals surface area contributed by atoms with E-state index in [1.54, 1.807) is 12.4 Å². The number of nitrogens with one attached hydrogen (secondary N) is 2. The van der Waals surface area contributed by atoms with Crippen molar-refractivity contribution < 1.29 is 4.79 Å². The predicted molar refractivity (Wildman–Crippen MR) is 70.4 cm³/mol. The third kappa shape index (κ3) is 4.40. The monoisotopic (exact) mass is 236 g/mol. The van der Waals surface area contributed by atoms with Crippen LogP contribution in [0.5, 0.6) is 0 Å². The van der Waals surface area contributed by atoms with Gasteiger partial charge < -0.3 is 15.5 Å². The van der Waals surface area contributed by atoms with Crippen molar-refractivity contribution in [2.24, 2.45) is 0 Å². The van der Waals surface area contributed by atoms with Crippen molar-refractivity contribution in [3.05, 3.63) is 18.5 Å². The fourth-order valence-corrected chi connectivity index (χ4v) is 1.45. The van der Waals surface area contributed by atoms with E-state index in [9.17, 15) is 4.79 Å². The Morgan fingerprint density at radius 1 is 1.47 bits per heavy atom. The Morgan fingerprint density at radius 2 is 2.24 bits per heavy atom. The average Bonchev–Trinajstić information content (AvgIpc) is 2.29. The third-order valence-corrected chi connectivity index (χ3v) is 2.27. The molecule has 1 amide bonds. The molecule has 1 aromatic heterocycles. The summed E-state index contributed by atoms with van der Waals surface area (Å²) in [7, 11) is 3.86. The molecule has 5 nitrogen and oxygen atoms in total. The number of pyridine rings is 1. The van der Waals surface area contributed by atoms with Crippen molar-refractivity contribution in [1.82, 2.24) is 10.3 Å². The van der Waals surface area contributed by atoms with Gasteiger partial charge in [0, 0.05) is 20.3 Å². The van der Waals surface area contributed by atoms with Gasteiger partial charge in [0.05, 0.1) is 24.1 Å². The second-order valence-corrected chi connectivity index (χ2v) is 4.01. The first-order chi connectivity index (χ1) is 8.15. The highest BCUT2D eigenvalue weighted by Crippen LogP contribution is 2.21. The normalized spacial score (nSPS) is 10.1. The van der Waals surface area contributed by atoms with Crippen LogP contribution in [0.1, 0.15) is 13.3 Å². The summed E-state index contributed by atoms with van der Waals surface area (Å²) in [5, 5.41) is 5.90. The lowest BCUT2D eigenvalue weighted by molar-refractivity contribution is -0.115. The zero-order chi connectivity index (χ0) is 12.7. The van der Waals surface area contributed by atoms with Gasteiger partial charge in [-0.3, -0.25) is 9.78 Å². The lowest BCUT2D eigenvalue weighted by Crippen LogP contribution is -2.29. The summed E-state index contributed by atoms with van der Waals surface area (Å²) < 4.78 is 0. The van der Waals surface area contributed by atoms with Crippen LogP contribution in [-0.4, -0.2) is 38.1 Å². The average molecular weight is 236 g/mol. The van der Waals surface area contributed by atoms with Crippen LogP contribution in [0.4, 0.5) is 11.4 Å². The molecule has 1 aromatic rings. The van der Waals surface area contributed by atoms with Gasteiger partial charge in [0.15, 0.2) is 0 Å². The van der Waals surface area contributed by atoms with Gasteiger partial charge in [-0.25, -0.2) is 0 Å². The molecule has 0 fully saturated rings. The van der Waals surface area contributed by atoms with E-state index < -0.39 is 0 Å². The Labute approximate surface area is 102 Å². The van der Waals surface area contributed by atoms with E-state index in [0.29, 0.717) is 6.54 Å². The lowest BCUT2D eigenvalue weighted by Gasteiger charge is -2.17. The molecule has 0 atom stereocenters. The standard InChI is InChI=1S/C12H20N4O/c1-4-6-13-9-12(17)15-10-8-14-7-5-11(10)16(2)3/h5,7-8,13H,4,6,9H2,1-3H3,(H,15,17). The molecule has 0 bridgehead atoms. The van der Waals surface area contributed by atoms with Gasteiger partial charge >= 0.3 is 0 Å². The minimum atomic E-state index is -0.0467. The molecule has 5 heteroatoms. The molecule has 0 radical (unpaired) electrons. The number of carbonyl (C=O) groups is 1. The van der Waals surface area contributed by atoms with Gasteiger partial charge in [-0.15, -0.1) is 0 Å². The maximum absolute atomic E-state index is 11.6. The molecular weight excluding hydrogens is 216 g/mol. The van der Waals surface area contributed by atoms with Gasteiger partial charge in [-0.1, -0.05) is 6.92 Å². The van der Waals surface area contributed by atoms with Gasteiger partial charge in [0.25, 0.3) is 0 Å². The second-order valence-electron chi connectivity index (χ2n) is 4.01. The van der Waals surface area contributed by atoms with Crippen LogP contribution in [0.2, 0.25) is 0 Å². The first-order valence-corrected chi connectivity index (χ1v) is 5.77. The molecule has 0 saturated carbocycles. The minimum absolute atomic E-state index is 0.0467. The molecule has 1 heterocycles. The molecule has 0 aliphatic heterocycles. The lowest BCUT2D eigenvalue weighted by atomic mass is 10.3. The van der Waals surface area contributed by atoms with E-state index in [1.807, 2.05) is 25.1 Å². The smallest absolute Gasteiger partial charge is 0.238 e. The topological polar surface area (TPSA) is 57.3 Å². The minimum Gasteiger partial charge on any atom is -0.376 e. The number of rotatable bonds is 6. The summed E-state index contributed by atoms with van der Waals surface area (Å²) in [4.78, 5) is 17.6. The van der Waals surface area contributed by atoms with Gasteiger partial charge in [0.1, 0.15) is 0 Å². The van der Waals surface area contributed by atoms with Gasteiger partial charge in [0.2, 0.25) is 5.91 Å². The quantitative estimate of drug-likeness (QED) is 0.726. The molecule has 0 aliphatic carbocycles. The number of aromatic nitrogens is 1. The number of anilines is 2. The predicted octanol–water partition coefficient (Wildman–Crippen LogP) is 1.09. The molecule has 2 N–H and O–H groups in total. The fraction of sp³-hybridized carbons (Fsp3) is 0.500. The Bertz CT molecular complexity index is 365. The number of hydrogen-bond donors (Lipinski definition) is 2. The number of carbonyl (C=O) groups excluding carboxylic acids is 1. The SMILES string of the molecule is CCCNCC(=O)Nc1cnccc1N(C)C. The maximum atomic E-state index is 11.6. The molecule has 0 aliphatic rings. The second kappa shape index (κ2) is 6.85. The molecule has 0 spiro atoms. The largest absolute Gasteiger partial charge is 0.376 e. The van der Waals surface area contributed by atoms with Crippen molar-refractivity contribution in [2.45, 2.75) is 13.3 Å². The van der Waals surface area contributed by atoms with Crippen molar-refractivity contribution in [3.8, 4) is 0 Å². The van der Waals surface area contributed by atoms with Crippen molar-refractivity contribution in [1.29, 1.82) is 0 Å². The summed E-state index contributed by atoms with van der Waals surface area (Å²) >= 11 is 0. The first-order valence-electron chi connectivity index (χ1n) is 5.77. The Kier molecular flexibility index (Phi) is 5.42. The van der Waals surface area contributed by atoms with E-state index in [4.69, 9.17) is 0 Å². The van der Waals surface area contributed by atoms with Crippen LogP contribution in [-0.2, 0) is 4.79 Å². The molecule has 1 rings (SSSR count). The van der Waals surface area contributed by atoms with E-state index in [-0.39, 0.29) is 5.91 Å². The summed E-state index contributed by atoms with van der Waals surface area (Å²) in [6, 6.07) is 1.87. The van der Waals surface area contributed by atoms with E-state index in [1.165, 1.54) is 0 Å². The van der Waals surface area contributed by atoms with Crippen molar-refractivity contribution in [3.63, 3.8) is 0 Å². The number of amides is 1. The molecule has 0 unspecified atom stereocenters. The van der Waals surface area contributed by atoms with Crippen molar-refractivity contribution in [2.75, 3.05) is 37.4 Å². The highest BCUT2D eigenvalue weighted by molar-refractivity contribution is 5.95. The molecule has 17 heavy (non-hydrogen) atoms. The summed E-state index contributed by atoms with van der Waals surface area (Å²) in [6.45, 7) is 3.24. The van der Waals surface area contributed by atoms with Gasteiger partial charge in [-0.05, 0) is 19.0 Å². The summed E-state index contributed by atoms with van der Waals surface area (Å²) in [6.07, 6.45) is 4.39. The Hall–Kier alpha value is -1.62. The third-order valence-electron chi connectivity index (χ3n) is 2.27. The number of nitrogens with zero attached hydrogens (tertiary/aromatic N) is 2. The van der Waals surface area contributed by atoms with E-state index >= 15 is 0 Å². The Morgan fingerprint density at radius 3 is 2.88 bits per heavy atom. The molecular formula is C12H20N4O. The van der Waals surface area contributed by atoms with Crippen molar-refractivity contribution >= 4 is 17.3 Å². The van der Waals surface area contributed by atoms with Crippen LogP contribution in [0.15, 0.2) is 18.5 Å². The maximum Gasteiger partial charge on any atom is 0.238 e. The zero-order valence-corrected chi connectivity index (χ0v) is 10.7. The molecule has 0 saturated heterocycles. The van der Waals surface area contributed by atoms with Crippen LogP contribution >= 0.6 is 0 Å². The molecule has 94 valence electrons. The van der Waals surface area contributed by atoms with E-state index in [0.717, 1.165) is 24.3 Å². The molecule has 0 aromatic carbocycles. The van der Waals surface area contributed by atoms with E-state index in [2.05, 4.69) is 22.5 Å². The first kappa shape index (κ1) is 13.4. The van der Waals surface area contributed by atoms with Gasteiger partial charge in [-0.2, -0.15) is 0 Å². The fourth-order valence-electron chi connectivity index (χ4n) is 1.45. The van der Waals surface area contributed by atoms with Crippen LogP contribution in [0.25, 0.3) is 0 Å². The summed E-state index contributed by atoms with van der Waals surface area (Å²) in [5.41, 5.74) is 1.68. The summed E-state index contributed by atoms with van der Waals surface area (Å²) in [5.74, 6) is -0.0467. The van der Waals surface area contributed by atoms with Crippen LogP contribution in [0, 0.1) is 0 Å². The zero-order valence-electron chi connectivity index (χ0n) is 10.7. The number of hydrogen-bond acceptors (Lipinski definition) is 4. The highest BCUT2D eigenvalue weighted by Gasteiger charge is 2.07. The Balaban J connectivity index is 2.58. The van der Waals surface area contributed by atoms with Crippen LogP contribution in [0.3, 0.4) is 0 Å². The highest BCUT2D eigenvalue weighted by atomic mass is 16.1. The van der Waals surface area contributed by atoms with Crippen LogP contribution < -0.4 is 15.5 Å².